The van der Waals surface area contributed by atoms with Gasteiger partial charge in [0.2, 0.25) is 0 Å². The summed E-state index contributed by atoms with van der Waals surface area (Å²) in [5.41, 5.74) is 0. The number of nitrogens with one attached hydrogen (secondary N) is 2. The Morgan fingerprint density at radius 2 is 2.05 bits per heavy atom. The summed E-state index contributed by atoms with van der Waals surface area (Å²) in [6.45, 7) is 7.09. The summed E-state index contributed by atoms with van der Waals surface area (Å²) in [7, 11) is 1.72. The molecular formula is C15H25N3O2S. The van der Waals surface area contributed by atoms with E-state index in [0.29, 0.717) is 18.9 Å². The summed E-state index contributed by atoms with van der Waals surface area (Å²) in [6.07, 6.45) is 1.33. The Morgan fingerprint density at radius 3 is 2.62 bits per heavy atom. The minimum absolute atomic E-state index is 0.0680. The van der Waals surface area contributed by atoms with E-state index < -0.39 is 0 Å². The lowest BCUT2D eigenvalue weighted by atomic mass is 10.3. The first kappa shape index (κ1) is 17.5. The lowest BCUT2D eigenvalue weighted by Gasteiger charge is -2.12. The van der Waals surface area contributed by atoms with E-state index in [1.807, 2.05) is 13.8 Å². The van der Waals surface area contributed by atoms with E-state index in [0.717, 1.165) is 13.0 Å². The van der Waals surface area contributed by atoms with Crippen molar-refractivity contribution in [3.05, 3.63) is 21.9 Å². The van der Waals surface area contributed by atoms with Crippen LogP contribution in [0.15, 0.2) is 17.1 Å². The van der Waals surface area contributed by atoms with Crippen molar-refractivity contribution in [1.82, 2.24) is 10.6 Å². The Kier molecular flexibility index (Phi) is 7.82. The molecule has 1 aromatic heterocycles. The molecule has 1 rings (SSSR count). The smallest absolute Gasteiger partial charge is 0.307 e. The fourth-order valence-electron chi connectivity index (χ4n) is 1.70. The van der Waals surface area contributed by atoms with E-state index in [4.69, 9.17) is 4.74 Å². The molecule has 0 unspecified atom stereocenters. The molecule has 1 heterocycles. The normalized spacial score (nSPS) is 11.6. The van der Waals surface area contributed by atoms with E-state index in [-0.39, 0.29) is 12.1 Å². The van der Waals surface area contributed by atoms with Gasteiger partial charge in [-0.1, -0.05) is 6.92 Å². The summed E-state index contributed by atoms with van der Waals surface area (Å²) in [5.74, 6) is 0.498. The first-order chi connectivity index (χ1) is 10.0. The maximum absolute atomic E-state index is 11.4. The maximum atomic E-state index is 11.4. The fraction of sp³-hybridized carbons (Fsp3) is 0.600. The van der Waals surface area contributed by atoms with Gasteiger partial charge in [-0.2, -0.15) is 0 Å². The van der Waals surface area contributed by atoms with Crippen LogP contribution in [0, 0.1) is 0 Å². The van der Waals surface area contributed by atoms with Gasteiger partial charge in [0.05, 0.1) is 19.1 Å². The number of ether oxygens (including phenoxy) is 1. The van der Waals surface area contributed by atoms with Crippen molar-refractivity contribution in [2.75, 3.05) is 13.6 Å². The molecule has 0 amide bonds. The number of hydrogen-bond donors (Lipinski definition) is 2. The van der Waals surface area contributed by atoms with Crippen LogP contribution in [0.4, 0.5) is 0 Å². The molecule has 0 atom stereocenters. The van der Waals surface area contributed by atoms with Crippen molar-refractivity contribution in [3.8, 4) is 0 Å². The Balaban J connectivity index is 2.27. The molecule has 2 N–H and O–H groups in total. The first-order valence-corrected chi connectivity index (χ1v) is 8.08. The summed E-state index contributed by atoms with van der Waals surface area (Å²) < 4.78 is 5.07. The van der Waals surface area contributed by atoms with E-state index >= 15 is 0 Å². The average molecular weight is 311 g/mol. The van der Waals surface area contributed by atoms with Gasteiger partial charge in [0.15, 0.2) is 5.96 Å². The van der Waals surface area contributed by atoms with E-state index in [9.17, 15) is 4.79 Å². The Bertz CT molecular complexity index is 469. The van der Waals surface area contributed by atoms with Gasteiger partial charge in [-0.25, -0.2) is 0 Å². The number of carbonyl (C=O) groups excluding carboxylic acids is 1. The number of nitrogens with zero attached hydrogens (tertiary/aromatic N) is 1. The molecule has 0 radical (unpaired) electrons. The lowest BCUT2D eigenvalue weighted by molar-refractivity contribution is -0.147. The second-order valence-electron chi connectivity index (χ2n) is 4.86. The summed E-state index contributed by atoms with van der Waals surface area (Å²) in [6, 6.07) is 4.28. The van der Waals surface area contributed by atoms with Crippen molar-refractivity contribution in [2.24, 2.45) is 4.99 Å². The topological polar surface area (TPSA) is 62.7 Å². The molecule has 0 aliphatic rings. The van der Waals surface area contributed by atoms with Gasteiger partial charge >= 0.3 is 5.97 Å². The number of aliphatic imine (C=N–C) groups is 1. The highest BCUT2D eigenvalue weighted by Gasteiger charge is 2.06. The monoisotopic (exact) mass is 311 g/mol. The van der Waals surface area contributed by atoms with Crippen molar-refractivity contribution in [2.45, 2.75) is 46.3 Å². The van der Waals surface area contributed by atoms with Crippen molar-refractivity contribution in [1.29, 1.82) is 0 Å². The zero-order valence-corrected chi connectivity index (χ0v) is 14.0. The molecular weight excluding hydrogens is 286 g/mol. The van der Waals surface area contributed by atoms with Crippen LogP contribution in [0.25, 0.3) is 0 Å². The molecule has 118 valence electrons. The van der Waals surface area contributed by atoms with Gasteiger partial charge in [-0.3, -0.25) is 9.79 Å². The highest BCUT2D eigenvalue weighted by Crippen LogP contribution is 2.16. The van der Waals surface area contributed by atoms with Gasteiger partial charge in [-0.15, -0.1) is 11.3 Å². The number of rotatable bonds is 7. The fourth-order valence-corrected chi connectivity index (χ4v) is 2.60. The molecule has 0 saturated carbocycles. The van der Waals surface area contributed by atoms with Crippen LogP contribution in [0.1, 0.15) is 36.9 Å². The molecule has 21 heavy (non-hydrogen) atoms. The Hall–Kier alpha value is -1.56. The van der Waals surface area contributed by atoms with Crippen LogP contribution in [-0.2, 0) is 22.5 Å². The molecule has 0 fully saturated rings. The van der Waals surface area contributed by atoms with Crippen LogP contribution in [0.3, 0.4) is 0 Å². The largest absolute Gasteiger partial charge is 0.463 e. The van der Waals surface area contributed by atoms with E-state index in [1.54, 1.807) is 18.4 Å². The van der Waals surface area contributed by atoms with Crippen molar-refractivity contribution < 1.29 is 9.53 Å². The lowest BCUT2D eigenvalue weighted by Crippen LogP contribution is -2.37. The van der Waals surface area contributed by atoms with Crippen LogP contribution < -0.4 is 10.6 Å². The number of carbonyl (C=O) groups is 1. The standard InChI is InChI=1S/C15H25N3O2S/c1-5-12-6-7-13(21-12)10-18-15(16-4)17-9-8-14(19)20-11(2)3/h6-7,11H,5,8-10H2,1-4H3,(H2,16,17,18). The van der Waals surface area contributed by atoms with Crippen LogP contribution in [0.2, 0.25) is 0 Å². The molecule has 5 nitrogen and oxygen atoms in total. The molecule has 0 spiro atoms. The molecule has 6 heteroatoms. The third-order valence-corrected chi connectivity index (χ3v) is 3.94. The number of guanidine groups is 1. The minimum Gasteiger partial charge on any atom is -0.463 e. The minimum atomic E-state index is -0.196. The number of thiophene rings is 1. The van der Waals surface area contributed by atoms with Crippen molar-refractivity contribution >= 4 is 23.3 Å². The quantitative estimate of drug-likeness (QED) is 0.461. The highest BCUT2D eigenvalue weighted by molar-refractivity contribution is 7.11. The second-order valence-corrected chi connectivity index (χ2v) is 6.12. The summed E-state index contributed by atoms with van der Waals surface area (Å²) >= 11 is 1.80. The number of hydrogen-bond acceptors (Lipinski definition) is 4. The SMILES string of the molecule is CCc1ccc(CNC(=NC)NCCC(=O)OC(C)C)s1. The zero-order valence-electron chi connectivity index (χ0n) is 13.2. The first-order valence-electron chi connectivity index (χ1n) is 7.26. The van der Waals surface area contributed by atoms with Crippen LogP contribution in [-0.4, -0.2) is 31.6 Å². The van der Waals surface area contributed by atoms with Crippen LogP contribution in [0.5, 0.6) is 0 Å². The molecule has 0 aromatic carbocycles. The zero-order chi connectivity index (χ0) is 15.7. The number of esters is 1. The van der Waals surface area contributed by atoms with Crippen molar-refractivity contribution in [3.63, 3.8) is 0 Å². The Labute approximate surface area is 130 Å². The average Bonchev–Trinajstić information content (AvgIpc) is 2.89. The van der Waals surface area contributed by atoms with E-state index in [2.05, 4.69) is 34.7 Å². The summed E-state index contributed by atoms with van der Waals surface area (Å²) in [4.78, 5) is 18.2. The van der Waals surface area contributed by atoms with Gasteiger partial charge < -0.3 is 15.4 Å². The number of aryl methyl sites for hydroxylation is 1. The van der Waals surface area contributed by atoms with Gasteiger partial charge in [0.25, 0.3) is 0 Å². The molecule has 0 bridgehead atoms. The highest BCUT2D eigenvalue weighted by atomic mass is 32.1. The second kappa shape index (κ2) is 9.39. The van der Waals surface area contributed by atoms with Gasteiger partial charge in [0, 0.05) is 23.3 Å². The maximum Gasteiger partial charge on any atom is 0.307 e. The molecule has 0 saturated heterocycles. The molecule has 1 aromatic rings. The Morgan fingerprint density at radius 1 is 1.33 bits per heavy atom. The summed E-state index contributed by atoms with van der Waals surface area (Å²) in [5, 5.41) is 6.34. The van der Waals surface area contributed by atoms with Crippen LogP contribution >= 0.6 is 11.3 Å². The predicted molar refractivity (Wildman–Crippen MR) is 87.7 cm³/mol. The van der Waals surface area contributed by atoms with Gasteiger partial charge in [0.1, 0.15) is 0 Å². The molecule has 0 aliphatic carbocycles. The third kappa shape index (κ3) is 7.13. The van der Waals surface area contributed by atoms with Gasteiger partial charge in [-0.05, 0) is 32.4 Å². The predicted octanol–water partition coefficient (Wildman–Crippen LogP) is 2.32. The van der Waals surface area contributed by atoms with E-state index in [1.165, 1.54) is 9.75 Å². The third-order valence-electron chi connectivity index (χ3n) is 2.71. The molecule has 0 aliphatic heterocycles.